The number of nitrogens with one attached hydrogen (secondary N) is 1. The molecule has 3 aromatic rings. The van der Waals surface area contributed by atoms with E-state index in [4.69, 9.17) is 11.6 Å². The third kappa shape index (κ3) is 4.69. The van der Waals surface area contributed by atoms with Crippen LogP contribution in [-0.2, 0) is 8.72 Å². The number of benzene rings is 1. The number of rotatable bonds is 4. The molecular weight excluding hydrogens is 543 g/mol. The first-order valence-corrected chi connectivity index (χ1v) is 10.6. The topological polar surface area (TPSA) is 80.1 Å². The number of halogens is 4. The second kappa shape index (κ2) is 8.50. The smallest absolute Gasteiger partial charge is 0.323 e. The molecule has 3 heterocycles. The van der Waals surface area contributed by atoms with E-state index in [0.717, 1.165) is 28.8 Å². The van der Waals surface area contributed by atoms with Crippen molar-refractivity contribution in [1.82, 2.24) is 25.0 Å². The zero-order valence-corrected chi connectivity index (χ0v) is 18.8. The Bertz CT molecular complexity index is 1160. The average Bonchev–Trinajstić information content (AvgIpc) is 3.18. The van der Waals surface area contributed by atoms with Crippen LogP contribution in [0.15, 0.2) is 48.8 Å². The first-order chi connectivity index (χ1) is 14.7. The van der Waals surface area contributed by atoms with Gasteiger partial charge in [-0.3, -0.25) is 14.6 Å². The van der Waals surface area contributed by atoms with Crippen LogP contribution in [0.1, 0.15) is 16.1 Å². The van der Waals surface area contributed by atoms with Gasteiger partial charge in [0.15, 0.2) is 5.69 Å². The molecule has 0 bridgehead atoms. The van der Waals surface area contributed by atoms with Crippen molar-refractivity contribution in [3.8, 4) is 16.9 Å². The first-order valence-electron chi connectivity index (χ1n) is 9.17. The van der Waals surface area contributed by atoms with Crippen molar-refractivity contribution < 1.29 is 18.4 Å². The normalized spacial score (nSPS) is 14.5. The van der Waals surface area contributed by atoms with Crippen molar-refractivity contribution in [3.05, 3.63) is 65.1 Å². The summed E-state index contributed by atoms with van der Waals surface area (Å²) in [6.45, 7) is 0.626. The van der Waals surface area contributed by atoms with Gasteiger partial charge in [0.2, 0.25) is 5.91 Å². The maximum atomic E-state index is 13.8. The lowest BCUT2D eigenvalue weighted by molar-refractivity contribution is -0.123. The fraction of sp³-hybridized carbons (Fsp3) is 0.200. The summed E-state index contributed by atoms with van der Waals surface area (Å²) in [5.41, 5.74) is 1.10. The van der Waals surface area contributed by atoms with Gasteiger partial charge in [-0.1, -0.05) is 17.7 Å². The molecule has 4 rings (SSSR count). The number of piperazine rings is 1. The zero-order chi connectivity index (χ0) is 22.2. The minimum Gasteiger partial charge on any atom is -0.353 e. The standard InChI is InChI=1S/C20H15ClF2IN5O2/c21-14-2-1-3-15(7-14)29-17(12-6-13(10-25-9-12)20(22,23)24)8-16(27-29)19(31)28-5-4-26-18(30)11-28/h1-3,6-10H,4-5,11H2,(H,26,30). The van der Waals surface area contributed by atoms with Gasteiger partial charge in [-0.15, -0.1) is 0 Å². The maximum Gasteiger partial charge on any atom is 0.323 e. The third-order valence-electron chi connectivity index (χ3n) is 4.67. The molecule has 160 valence electrons. The average molecular weight is 558 g/mol. The molecule has 0 atom stereocenters. The lowest BCUT2D eigenvalue weighted by Crippen LogP contribution is -2.50. The molecule has 1 aromatic carbocycles. The van der Waals surface area contributed by atoms with Crippen molar-refractivity contribution in [2.45, 2.75) is 3.93 Å². The highest BCUT2D eigenvalue weighted by atomic mass is 127. The second-order valence-electron chi connectivity index (χ2n) is 6.84. The number of carbonyl (C=O) groups excluding carboxylic acids is 2. The van der Waals surface area contributed by atoms with Crippen molar-refractivity contribution in [2.24, 2.45) is 0 Å². The van der Waals surface area contributed by atoms with Crippen molar-refractivity contribution in [3.63, 3.8) is 0 Å². The van der Waals surface area contributed by atoms with Crippen LogP contribution in [0.25, 0.3) is 16.9 Å². The predicted octanol–water partition coefficient (Wildman–Crippen LogP) is 3.64. The van der Waals surface area contributed by atoms with Crippen LogP contribution < -0.4 is 5.32 Å². The van der Waals surface area contributed by atoms with E-state index in [0.29, 0.717) is 35.1 Å². The van der Waals surface area contributed by atoms with Crippen molar-refractivity contribution >= 4 is 46.0 Å². The van der Waals surface area contributed by atoms with Gasteiger partial charge in [-0.2, -0.15) is 13.9 Å². The molecule has 7 nitrogen and oxygen atoms in total. The van der Waals surface area contributed by atoms with E-state index in [-0.39, 0.29) is 23.7 Å². The fourth-order valence-electron chi connectivity index (χ4n) is 3.20. The first kappa shape index (κ1) is 21.6. The van der Waals surface area contributed by atoms with Gasteiger partial charge in [0.05, 0.1) is 17.9 Å². The zero-order valence-electron chi connectivity index (χ0n) is 15.9. The SMILES string of the molecule is O=C1CN(C(=O)c2cc(-c3cncc(C(F)(F)I)c3)n(-c3cccc(Cl)c3)n2)CCN1. The molecule has 0 saturated carbocycles. The third-order valence-corrected chi connectivity index (χ3v) is 5.53. The predicted molar refractivity (Wildman–Crippen MR) is 119 cm³/mol. The van der Waals surface area contributed by atoms with Gasteiger partial charge in [-0.25, -0.2) is 4.68 Å². The Labute approximate surface area is 194 Å². The molecule has 2 amide bonds. The number of nitrogens with zero attached hydrogens (tertiary/aromatic N) is 4. The monoisotopic (exact) mass is 557 g/mol. The van der Waals surface area contributed by atoms with Crippen LogP contribution in [0.4, 0.5) is 8.78 Å². The van der Waals surface area contributed by atoms with E-state index in [9.17, 15) is 18.4 Å². The van der Waals surface area contributed by atoms with Crippen LogP contribution in [0, 0.1) is 0 Å². The maximum absolute atomic E-state index is 13.8. The second-order valence-corrected chi connectivity index (χ2v) is 8.63. The van der Waals surface area contributed by atoms with E-state index >= 15 is 0 Å². The van der Waals surface area contributed by atoms with Gasteiger partial charge >= 0.3 is 3.93 Å². The fourth-order valence-corrected chi connectivity index (χ4v) is 3.68. The summed E-state index contributed by atoms with van der Waals surface area (Å²) in [6.07, 6.45) is 2.51. The molecule has 1 fully saturated rings. The molecule has 0 aliphatic carbocycles. The molecule has 1 saturated heterocycles. The molecular formula is C20H15ClF2IN5O2. The molecule has 11 heteroatoms. The summed E-state index contributed by atoms with van der Waals surface area (Å²) < 4.78 is 26.0. The minimum atomic E-state index is -3.11. The summed E-state index contributed by atoms with van der Waals surface area (Å²) >= 11 is 7.15. The number of hydrogen-bond acceptors (Lipinski definition) is 4. The van der Waals surface area contributed by atoms with Crippen molar-refractivity contribution in [2.75, 3.05) is 19.6 Å². The van der Waals surface area contributed by atoms with Crippen LogP contribution in [-0.4, -0.2) is 51.1 Å². The lowest BCUT2D eigenvalue weighted by Gasteiger charge is -2.25. The molecule has 31 heavy (non-hydrogen) atoms. The summed E-state index contributed by atoms with van der Waals surface area (Å²) in [4.78, 5) is 30.0. The number of hydrogen-bond donors (Lipinski definition) is 1. The Kier molecular flexibility index (Phi) is 5.93. The van der Waals surface area contributed by atoms with Gasteiger partial charge in [-0.05, 0) is 30.3 Å². The largest absolute Gasteiger partial charge is 0.353 e. The molecule has 1 aliphatic heterocycles. The van der Waals surface area contributed by atoms with Gasteiger partial charge in [0, 0.05) is 64.2 Å². The van der Waals surface area contributed by atoms with Crippen LogP contribution in [0.5, 0.6) is 0 Å². The Balaban J connectivity index is 1.82. The van der Waals surface area contributed by atoms with Gasteiger partial charge in [0.1, 0.15) is 0 Å². The van der Waals surface area contributed by atoms with Crippen LogP contribution in [0.2, 0.25) is 5.02 Å². The number of aromatic nitrogens is 3. The molecule has 0 unspecified atom stereocenters. The Morgan fingerprint density at radius 2 is 2.03 bits per heavy atom. The Hall–Kier alpha value is -2.60. The van der Waals surface area contributed by atoms with E-state index in [1.54, 1.807) is 24.3 Å². The number of amides is 2. The van der Waals surface area contributed by atoms with Crippen LogP contribution in [0.3, 0.4) is 0 Å². The lowest BCUT2D eigenvalue weighted by atomic mass is 10.1. The van der Waals surface area contributed by atoms with Crippen molar-refractivity contribution in [1.29, 1.82) is 0 Å². The number of alkyl halides is 3. The quantitative estimate of drug-likeness (QED) is 0.393. The Morgan fingerprint density at radius 3 is 2.74 bits per heavy atom. The molecule has 2 aromatic heterocycles. The summed E-state index contributed by atoms with van der Waals surface area (Å²) in [6, 6.07) is 9.58. The van der Waals surface area contributed by atoms with E-state index in [1.165, 1.54) is 27.9 Å². The van der Waals surface area contributed by atoms with E-state index in [1.807, 2.05) is 0 Å². The van der Waals surface area contributed by atoms with Crippen LogP contribution >= 0.6 is 34.2 Å². The number of pyridine rings is 1. The highest BCUT2D eigenvalue weighted by Gasteiger charge is 2.29. The van der Waals surface area contributed by atoms with E-state index < -0.39 is 9.84 Å². The highest BCUT2D eigenvalue weighted by Crippen LogP contribution is 2.36. The minimum absolute atomic E-state index is 0.0731. The Morgan fingerprint density at radius 1 is 1.23 bits per heavy atom. The van der Waals surface area contributed by atoms with Gasteiger partial charge in [0.25, 0.3) is 5.91 Å². The van der Waals surface area contributed by atoms with E-state index in [2.05, 4.69) is 15.4 Å². The molecule has 1 aliphatic rings. The highest BCUT2D eigenvalue weighted by molar-refractivity contribution is 14.1. The van der Waals surface area contributed by atoms with Gasteiger partial charge < -0.3 is 10.2 Å². The number of carbonyl (C=O) groups is 2. The summed E-state index contributed by atoms with van der Waals surface area (Å²) in [5, 5.41) is 7.52. The molecule has 0 spiro atoms. The summed E-state index contributed by atoms with van der Waals surface area (Å²) in [7, 11) is 0. The summed E-state index contributed by atoms with van der Waals surface area (Å²) in [5.74, 6) is -0.685. The molecule has 0 radical (unpaired) electrons. The molecule has 1 N–H and O–H groups in total.